The third kappa shape index (κ3) is 6.31. The fourth-order valence-corrected chi connectivity index (χ4v) is 2.78. The Morgan fingerprint density at radius 3 is 2.65 bits per heavy atom. The molecule has 3 nitrogen and oxygen atoms in total. The van der Waals surface area contributed by atoms with E-state index in [4.69, 9.17) is 10.00 Å². The average molecular weight is 292 g/mol. The summed E-state index contributed by atoms with van der Waals surface area (Å²) >= 11 is 1.97. The topological polar surface area (TPSA) is 36.3 Å². The van der Waals surface area contributed by atoms with E-state index in [-0.39, 0.29) is 0 Å². The molecule has 0 unspecified atom stereocenters. The van der Waals surface area contributed by atoms with Crippen LogP contribution >= 0.6 is 11.8 Å². The summed E-state index contributed by atoms with van der Waals surface area (Å²) in [6, 6.07) is 9.54. The number of hydrogen-bond donors (Lipinski definition) is 0. The third-order valence-corrected chi connectivity index (χ3v) is 4.19. The predicted octanol–water partition coefficient (Wildman–Crippen LogP) is 3.40. The van der Waals surface area contributed by atoms with E-state index in [2.05, 4.69) is 24.8 Å². The standard InChI is InChI=1S/C16H24N2OS/c1-3-18(4-2)10-13-20-12-7-11-19-16-9-6-5-8-15(16)14-17/h5-6,8-9H,3-4,7,10-13H2,1-2H3. The lowest BCUT2D eigenvalue weighted by Crippen LogP contribution is -2.25. The van der Waals surface area contributed by atoms with Gasteiger partial charge in [-0.2, -0.15) is 17.0 Å². The number of hydrogen-bond acceptors (Lipinski definition) is 4. The zero-order valence-electron chi connectivity index (χ0n) is 12.5. The smallest absolute Gasteiger partial charge is 0.137 e. The maximum atomic E-state index is 8.95. The van der Waals surface area contributed by atoms with Crippen molar-refractivity contribution in [2.45, 2.75) is 20.3 Å². The Balaban J connectivity index is 2.09. The monoisotopic (exact) mass is 292 g/mol. The van der Waals surface area contributed by atoms with Gasteiger partial charge in [-0.25, -0.2) is 0 Å². The van der Waals surface area contributed by atoms with E-state index in [0.717, 1.165) is 31.8 Å². The first-order valence-electron chi connectivity index (χ1n) is 7.23. The van der Waals surface area contributed by atoms with Gasteiger partial charge >= 0.3 is 0 Å². The second-order valence-corrected chi connectivity index (χ2v) is 5.67. The van der Waals surface area contributed by atoms with E-state index in [0.29, 0.717) is 17.9 Å². The summed E-state index contributed by atoms with van der Waals surface area (Å²) in [5.41, 5.74) is 0.613. The lowest BCUT2D eigenvalue weighted by atomic mass is 10.2. The van der Waals surface area contributed by atoms with E-state index in [1.807, 2.05) is 30.0 Å². The molecule has 0 aliphatic heterocycles. The molecule has 110 valence electrons. The van der Waals surface area contributed by atoms with Crippen molar-refractivity contribution in [1.82, 2.24) is 4.90 Å². The van der Waals surface area contributed by atoms with E-state index in [1.54, 1.807) is 6.07 Å². The minimum Gasteiger partial charge on any atom is -0.492 e. The molecule has 4 heteroatoms. The molecule has 20 heavy (non-hydrogen) atoms. The van der Waals surface area contributed by atoms with Crippen molar-refractivity contribution in [2.24, 2.45) is 0 Å². The molecule has 0 aromatic heterocycles. The zero-order valence-corrected chi connectivity index (χ0v) is 13.3. The van der Waals surface area contributed by atoms with Crippen molar-refractivity contribution in [3.63, 3.8) is 0 Å². The number of para-hydroxylation sites is 1. The first-order chi connectivity index (χ1) is 9.81. The molecule has 0 N–H and O–H groups in total. The molecule has 0 atom stereocenters. The van der Waals surface area contributed by atoms with Crippen LogP contribution in [0.1, 0.15) is 25.8 Å². The van der Waals surface area contributed by atoms with E-state index >= 15 is 0 Å². The molecule has 0 heterocycles. The largest absolute Gasteiger partial charge is 0.492 e. The van der Waals surface area contributed by atoms with Crippen molar-refractivity contribution in [3.05, 3.63) is 29.8 Å². The molecular formula is C16H24N2OS. The molecule has 0 fully saturated rings. The number of ether oxygens (including phenoxy) is 1. The van der Waals surface area contributed by atoms with Gasteiger partial charge in [-0.1, -0.05) is 26.0 Å². The number of nitrogens with zero attached hydrogens (tertiary/aromatic N) is 2. The van der Waals surface area contributed by atoms with Crippen LogP contribution in [0.25, 0.3) is 0 Å². The maximum Gasteiger partial charge on any atom is 0.137 e. The predicted molar refractivity (Wildman–Crippen MR) is 86.4 cm³/mol. The van der Waals surface area contributed by atoms with Gasteiger partial charge in [0.2, 0.25) is 0 Å². The van der Waals surface area contributed by atoms with Crippen LogP contribution in [0.2, 0.25) is 0 Å². The molecular weight excluding hydrogens is 268 g/mol. The third-order valence-electron chi connectivity index (χ3n) is 3.14. The van der Waals surface area contributed by atoms with Gasteiger partial charge in [-0.3, -0.25) is 0 Å². The average Bonchev–Trinajstić information content (AvgIpc) is 2.50. The van der Waals surface area contributed by atoms with Crippen LogP contribution in [0, 0.1) is 11.3 Å². The van der Waals surface area contributed by atoms with Crippen LogP contribution in [-0.2, 0) is 0 Å². The van der Waals surface area contributed by atoms with Crippen molar-refractivity contribution in [3.8, 4) is 11.8 Å². The highest BCUT2D eigenvalue weighted by molar-refractivity contribution is 7.99. The first kappa shape index (κ1) is 16.9. The molecule has 1 aromatic carbocycles. The fraction of sp³-hybridized carbons (Fsp3) is 0.562. The number of benzene rings is 1. The van der Waals surface area contributed by atoms with Gasteiger partial charge in [0.15, 0.2) is 0 Å². The molecule has 1 aromatic rings. The van der Waals surface area contributed by atoms with Crippen LogP contribution in [0.3, 0.4) is 0 Å². The molecule has 0 aliphatic carbocycles. The first-order valence-corrected chi connectivity index (χ1v) is 8.39. The lowest BCUT2D eigenvalue weighted by Gasteiger charge is -2.17. The van der Waals surface area contributed by atoms with Crippen LogP contribution < -0.4 is 4.74 Å². The van der Waals surface area contributed by atoms with E-state index in [9.17, 15) is 0 Å². The molecule has 0 radical (unpaired) electrons. The van der Waals surface area contributed by atoms with Crippen LogP contribution in [0.5, 0.6) is 5.75 Å². The number of thioether (sulfide) groups is 1. The highest BCUT2D eigenvalue weighted by Crippen LogP contribution is 2.16. The normalized spacial score (nSPS) is 10.5. The minimum absolute atomic E-state index is 0.613. The molecule has 0 saturated carbocycles. The SMILES string of the molecule is CCN(CC)CCSCCCOc1ccccc1C#N. The summed E-state index contributed by atoms with van der Waals surface area (Å²) in [5.74, 6) is 2.98. The Morgan fingerprint density at radius 1 is 1.20 bits per heavy atom. The van der Waals surface area contributed by atoms with Gasteiger partial charge in [0.1, 0.15) is 11.8 Å². The highest BCUT2D eigenvalue weighted by Gasteiger charge is 2.01. The van der Waals surface area contributed by atoms with Crippen molar-refractivity contribution in [2.75, 3.05) is 37.7 Å². The van der Waals surface area contributed by atoms with Crippen LogP contribution in [0.4, 0.5) is 0 Å². The van der Waals surface area contributed by atoms with Gasteiger partial charge in [0, 0.05) is 12.3 Å². The molecule has 0 amide bonds. The van der Waals surface area contributed by atoms with Gasteiger partial charge < -0.3 is 9.64 Å². The van der Waals surface area contributed by atoms with Crippen LogP contribution in [-0.4, -0.2) is 42.6 Å². The highest BCUT2D eigenvalue weighted by atomic mass is 32.2. The molecule has 0 aliphatic rings. The van der Waals surface area contributed by atoms with Gasteiger partial charge in [-0.05, 0) is 37.4 Å². The summed E-state index contributed by atoms with van der Waals surface area (Å²) in [7, 11) is 0. The van der Waals surface area contributed by atoms with Crippen molar-refractivity contribution in [1.29, 1.82) is 5.26 Å². The maximum absolute atomic E-state index is 8.95. The number of nitriles is 1. The van der Waals surface area contributed by atoms with Gasteiger partial charge in [0.25, 0.3) is 0 Å². The lowest BCUT2D eigenvalue weighted by molar-refractivity contribution is 0.317. The van der Waals surface area contributed by atoms with E-state index in [1.165, 1.54) is 5.75 Å². The van der Waals surface area contributed by atoms with E-state index < -0.39 is 0 Å². The summed E-state index contributed by atoms with van der Waals surface area (Å²) in [5, 5.41) is 8.95. The van der Waals surface area contributed by atoms with Gasteiger partial charge in [-0.15, -0.1) is 0 Å². The zero-order chi connectivity index (χ0) is 14.6. The summed E-state index contributed by atoms with van der Waals surface area (Å²) < 4.78 is 5.65. The Bertz CT molecular complexity index is 413. The number of rotatable bonds is 10. The van der Waals surface area contributed by atoms with Crippen molar-refractivity contribution >= 4 is 11.8 Å². The molecule has 1 rings (SSSR count). The Morgan fingerprint density at radius 2 is 1.95 bits per heavy atom. The summed E-state index contributed by atoms with van der Waals surface area (Å²) in [6.45, 7) is 8.51. The summed E-state index contributed by atoms with van der Waals surface area (Å²) in [6.07, 6.45) is 1.02. The van der Waals surface area contributed by atoms with Gasteiger partial charge in [0.05, 0.1) is 12.2 Å². The second-order valence-electron chi connectivity index (χ2n) is 4.45. The molecule has 0 spiro atoms. The quantitative estimate of drug-likeness (QED) is 0.619. The molecule has 0 saturated heterocycles. The second kappa shape index (κ2) is 10.6. The van der Waals surface area contributed by atoms with Crippen molar-refractivity contribution < 1.29 is 4.74 Å². The summed E-state index contributed by atoms with van der Waals surface area (Å²) in [4.78, 5) is 2.44. The molecule has 0 bridgehead atoms. The Kier molecular flexibility index (Phi) is 8.93. The Labute approximate surface area is 126 Å². The minimum atomic E-state index is 0.613. The Hall–Kier alpha value is -1.18. The fourth-order valence-electron chi connectivity index (χ4n) is 1.86. The van der Waals surface area contributed by atoms with Crippen LogP contribution in [0.15, 0.2) is 24.3 Å².